The van der Waals surface area contributed by atoms with Gasteiger partial charge in [-0.15, -0.1) is 0 Å². The standard InChI is InChI=1S/C13H16ClN3O3S/c14-12-13(17-8-2-1-5-11(17)16-12)21(18,19)15-7-6-10-4-3-9-20-10/h1-2,5,8,10,15H,3-4,6-7,9H2. The van der Waals surface area contributed by atoms with Gasteiger partial charge in [0.05, 0.1) is 6.10 Å². The summed E-state index contributed by atoms with van der Waals surface area (Å²) >= 11 is 5.98. The number of hydrogen-bond donors (Lipinski definition) is 1. The number of pyridine rings is 1. The molecule has 0 spiro atoms. The molecule has 2 aromatic rings. The number of hydrogen-bond acceptors (Lipinski definition) is 4. The number of nitrogens with zero attached hydrogens (tertiary/aromatic N) is 2. The Bertz CT molecular complexity index is 738. The van der Waals surface area contributed by atoms with E-state index >= 15 is 0 Å². The van der Waals surface area contributed by atoms with Crippen molar-refractivity contribution in [3.8, 4) is 0 Å². The quantitative estimate of drug-likeness (QED) is 0.908. The van der Waals surface area contributed by atoms with Gasteiger partial charge in [0.15, 0.2) is 10.2 Å². The van der Waals surface area contributed by atoms with Gasteiger partial charge < -0.3 is 4.74 Å². The number of fused-ring (bicyclic) bond motifs is 1. The van der Waals surface area contributed by atoms with E-state index in [9.17, 15) is 8.42 Å². The molecule has 1 atom stereocenters. The molecule has 1 aliphatic rings. The lowest BCUT2D eigenvalue weighted by atomic mass is 10.2. The summed E-state index contributed by atoms with van der Waals surface area (Å²) in [6.07, 6.45) is 4.45. The molecule has 21 heavy (non-hydrogen) atoms. The Hall–Kier alpha value is -1.15. The normalized spacial score (nSPS) is 19.4. The molecule has 0 saturated carbocycles. The van der Waals surface area contributed by atoms with Crippen LogP contribution in [0.25, 0.3) is 5.65 Å². The maximum atomic E-state index is 12.4. The third kappa shape index (κ3) is 3.06. The van der Waals surface area contributed by atoms with Crippen molar-refractivity contribution in [1.82, 2.24) is 14.1 Å². The van der Waals surface area contributed by atoms with Crippen LogP contribution in [0.2, 0.25) is 5.15 Å². The van der Waals surface area contributed by atoms with Gasteiger partial charge in [0, 0.05) is 19.3 Å². The molecule has 3 heterocycles. The molecule has 0 amide bonds. The van der Waals surface area contributed by atoms with Crippen molar-refractivity contribution in [3.63, 3.8) is 0 Å². The van der Waals surface area contributed by atoms with Gasteiger partial charge in [-0.1, -0.05) is 17.7 Å². The molecule has 1 N–H and O–H groups in total. The minimum atomic E-state index is -3.70. The summed E-state index contributed by atoms with van der Waals surface area (Å²) in [6, 6.07) is 5.22. The average Bonchev–Trinajstić information content (AvgIpc) is 3.04. The van der Waals surface area contributed by atoms with Crippen LogP contribution in [0.15, 0.2) is 29.4 Å². The van der Waals surface area contributed by atoms with Crippen LogP contribution in [-0.4, -0.2) is 37.1 Å². The zero-order valence-electron chi connectivity index (χ0n) is 11.3. The van der Waals surface area contributed by atoms with Crippen LogP contribution in [0.4, 0.5) is 0 Å². The van der Waals surface area contributed by atoms with Gasteiger partial charge in [-0.25, -0.2) is 18.1 Å². The molecule has 3 rings (SSSR count). The lowest BCUT2D eigenvalue weighted by Crippen LogP contribution is -2.28. The molecule has 0 radical (unpaired) electrons. The fourth-order valence-electron chi connectivity index (χ4n) is 2.48. The summed E-state index contributed by atoms with van der Waals surface area (Å²) in [5.74, 6) is 0. The van der Waals surface area contributed by atoms with Crippen LogP contribution < -0.4 is 4.72 Å². The second-order valence-corrected chi connectivity index (χ2v) is 7.00. The molecule has 0 bridgehead atoms. The number of ether oxygens (including phenoxy) is 1. The molecule has 0 aromatic carbocycles. The van der Waals surface area contributed by atoms with E-state index in [-0.39, 0.29) is 16.3 Å². The molecule has 1 aliphatic heterocycles. The first-order valence-corrected chi connectivity index (χ1v) is 8.68. The van der Waals surface area contributed by atoms with Crippen molar-refractivity contribution in [1.29, 1.82) is 0 Å². The fraction of sp³-hybridized carbons (Fsp3) is 0.462. The summed E-state index contributed by atoms with van der Waals surface area (Å²) in [7, 11) is -3.70. The topological polar surface area (TPSA) is 72.7 Å². The Balaban J connectivity index is 1.78. The Morgan fingerprint density at radius 1 is 1.48 bits per heavy atom. The maximum absolute atomic E-state index is 12.4. The summed E-state index contributed by atoms with van der Waals surface area (Å²) < 4.78 is 34.3. The molecule has 0 aliphatic carbocycles. The Kier molecular flexibility index (Phi) is 4.17. The highest BCUT2D eigenvalue weighted by Crippen LogP contribution is 2.22. The highest BCUT2D eigenvalue weighted by Gasteiger charge is 2.24. The average molecular weight is 330 g/mol. The number of rotatable bonds is 5. The summed E-state index contributed by atoms with van der Waals surface area (Å²) in [5, 5.41) is -0.0436. The van der Waals surface area contributed by atoms with E-state index in [0.717, 1.165) is 19.4 Å². The molecule has 8 heteroatoms. The Morgan fingerprint density at radius 2 is 2.33 bits per heavy atom. The Morgan fingerprint density at radius 3 is 3.10 bits per heavy atom. The van der Waals surface area contributed by atoms with Crippen LogP contribution in [0.3, 0.4) is 0 Å². The van der Waals surface area contributed by atoms with Crippen molar-refractivity contribution >= 4 is 27.3 Å². The van der Waals surface area contributed by atoms with E-state index in [1.165, 1.54) is 4.40 Å². The maximum Gasteiger partial charge on any atom is 0.259 e. The minimum absolute atomic E-state index is 0.0212. The van der Waals surface area contributed by atoms with E-state index in [0.29, 0.717) is 18.6 Å². The Labute approximate surface area is 128 Å². The SMILES string of the molecule is O=S(=O)(NCCC1CCCO1)c1c(Cl)nc2ccccn12. The van der Waals surface area contributed by atoms with Gasteiger partial charge in [0.2, 0.25) is 0 Å². The van der Waals surface area contributed by atoms with Gasteiger partial charge in [-0.2, -0.15) is 0 Å². The van der Waals surface area contributed by atoms with E-state index in [1.807, 2.05) is 0 Å². The number of sulfonamides is 1. The van der Waals surface area contributed by atoms with Gasteiger partial charge in [0.25, 0.3) is 10.0 Å². The van der Waals surface area contributed by atoms with E-state index < -0.39 is 10.0 Å². The van der Waals surface area contributed by atoms with Crippen molar-refractivity contribution < 1.29 is 13.2 Å². The second-order valence-electron chi connectivity index (χ2n) is 4.96. The van der Waals surface area contributed by atoms with Crippen molar-refractivity contribution in [2.75, 3.05) is 13.2 Å². The third-order valence-corrected chi connectivity index (χ3v) is 5.34. The summed E-state index contributed by atoms with van der Waals surface area (Å²) in [5.41, 5.74) is 0.502. The number of nitrogens with one attached hydrogen (secondary N) is 1. The van der Waals surface area contributed by atoms with Crippen LogP contribution in [0.1, 0.15) is 19.3 Å². The highest BCUT2D eigenvalue weighted by atomic mass is 35.5. The predicted molar refractivity (Wildman–Crippen MR) is 79.0 cm³/mol. The van der Waals surface area contributed by atoms with Gasteiger partial charge >= 0.3 is 0 Å². The largest absolute Gasteiger partial charge is 0.378 e. The molecular weight excluding hydrogens is 314 g/mol. The van der Waals surface area contributed by atoms with Crippen LogP contribution in [-0.2, 0) is 14.8 Å². The van der Waals surface area contributed by atoms with Gasteiger partial charge in [0.1, 0.15) is 5.65 Å². The van der Waals surface area contributed by atoms with Crippen molar-refractivity contribution in [2.24, 2.45) is 0 Å². The number of halogens is 1. The minimum Gasteiger partial charge on any atom is -0.378 e. The highest BCUT2D eigenvalue weighted by molar-refractivity contribution is 7.89. The van der Waals surface area contributed by atoms with Crippen LogP contribution in [0, 0.1) is 0 Å². The first-order chi connectivity index (χ1) is 10.1. The predicted octanol–water partition coefficient (Wildman–Crippen LogP) is 1.84. The molecule has 1 fully saturated rings. The van der Waals surface area contributed by atoms with Crippen LogP contribution in [0.5, 0.6) is 0 Å². The van der Waals surface area contributed by atoms with E-state index in [4.69, 9.17) is 16.3 Å². The molecule has 6 nitrogen and oxygen atoms in total. The second kappa shape index (κ2) is 5.92. The zero-order valence-corrected chi connectivity index (χ0v) is 12.9. The molecule has 1 unspecified atom stereocenters. The smallest absolute Gasteiger partial charge is 0.259 e. The van der Waals surface area contributed by atoms with E-state index in [2.05, 4.69) is 9.71 Å². The molecular formula is C13H16ClN3O3S. The van der Waals surface area contributed by atoms with Crippen molar-refractivity contribution in [3.05, 3.63) is 29.5 Å². The molecule has 114 valence electrons. The van der Waals surface area contributed by atoms with Crippen LogP contribution >= 0.6 is 11.6 Å². The zero-order chi connectivity index (χ0) is 14.9. The van der Waals surface area contributed by atoms with E-state index in [1.54, 1.807) is 24.4 Å². The summed E-state index contributed by atoms with van der Waals surface area (Å²) in [6.45, 7) is 1.08. The lowest BCUT2D eigenvalue weighted by Gasteiger charge is -2.10. The third-order valence-electron chi connectivity index (χ3n) is 3.48. The monoisotopic (exact) mass is 329 g/mol. The first kappa shape index (κ1) is 14.8. The first-order valence-electron chi connectivity index (χ1n) is 6.82. The van der Waals surface area contributed by atoms with Crippen molar-refractivity contribution in [2.45, 2.75) is 30.4 Å². The molecule has 2 aromatic heterocycles. The number of imidazole rings is 1. The lowest BCUT2D eigenvalue weighted by molar-refractivity contribution is 0.105. The van der Waals surface area contributed by atoms with Gasteiger partial charge in [-0.3, -0.25) is 4.40 Å². The fourth-order valence-corrected chi connectivity index (χ4v) is 4.17. The summed E-state index contributed by atoms with van der Waals surface area (Å²) in [4.78, 5) is 4.05. The number of aromatic nitrogens is 2. The molecule has 1 saturated heterocycles. The van der Waals surface area contributed by atoms with Gasteiger partial charge in [-0.05, 0) is 31.4 Å².